The molecule has 21 heavy (non-hydrogen) atoms. The molecule has 0 bridgehead atoms. The van der Waals surface area contributed by atoms with E-state index < -0.39 is 0 Å². The molecule has 0 saturated carbocycles. The Morgan fingerprint density at radius 2 is 1.90 bits per heavy atom. The average Bonchev–Trinajstić information content (AvgIpc) is 2.82. The number of nitrogens with one attached hydrogen (secondary N) is 1. The number of thiophene rings is 1. The van der Waals surface area contributed by atoms with E-state index in [0.29, 0.717) is 12.2 Å². The highest BCUT2D eigenvalue weighted by Gasteiger charge is 2.10. The van der Waals surface area contributed by atoms with E-state index in [2.05, 4.69) is 60.4 Å². The second-order valence-corrected chi connectivity index (χ2v) is 6.54. The smallest absolute Gasteiger partial charge is 0.152 e. The number of hydrogen-bond donors (Lipinski definition) is 2. The number of nitrogens with two attached hydrogens (primary N) is 1. The largest absolute Gasteiger partial charge is 0.308 e. The molecule has 0 radical (unpaired) electrons. The van der Waals surface area contributed by atoms with Gasteiger partial charge in [-0.3, -0.25) is 0 Å². The normalized spacial score (nSPS) is 11.0. The monoisotopic (exact) mass is 298 g/mol. The molecule has 0 aliphatic carbocycles. The molecule has 4 nitrogen and oxygen atoms in total. The molecule has 2 aromatic heterocycles. The maximum absolute atomic E-state index is 5.60. The molecule has 2 heterocycles. The zero-order valence-corrected chi connectivity index (χ0v) is 13.2. The van der Waals surface area contributed by atoms with Crippen molar-refractivity contribution < 1.29 is 0 Å². The molecule has 0 aliphatic heterocycles. The van der Waals surface area contributed by atoms with E-state index in [4.69, 9.17) is 5.84 Å². The summed E-state index contributed by atoms with van der Waals surface area (Å²) in [5.74, 6) is 7.09. The molecule has 0 unspecified atom stereocenters. The van der Waals surface area contributed by atoms with Gasteiger partial charge in [0.25, 0.3) is 0 Å². The van der Waals surface area contributed by atoms with Gasteiger partial charge in [-0.25, -0.2) is 15.8 Å². The maximum atomic E-state index is 5.60. The predicted molar refractivity (Wildman–Crippen MR) is 88.7 cm³/mol. The van der Waals surface area contributed by atoms with Crippen molar-refractivity contribution in [1.29, 1.82) is 0 Å². The SMILES string of the molecule is Cc1cc2c(NN)nc(Cc3ccc(C)c(C)c3)nc2s1. The highest BCUT2D eigenvalue weighted by atomic mass is 32.1. The standard InChI is InChI=1S/C16H18N4S/c1-9-4-5-12(6-10(9)2)8-14-18-15(20-17)13-7-11(3)21-16(13)19-14/h4-7H,8,17H2,1-3H3,(H,18,19,20). The summed E-state index contributed by atoms with van der Waals surface area (Å²) in [6, 6.07) is 8.53. The van der Waals surface area contributed by atoms with Crippen molar-refractivity contribution in [3.05, 3.63) is 51.7 Å². The third-order valence-electron chi connectivity index (χ3n) is 3.63. The van der Waals surface area contributed by atoms with E-state index in [1.807, 2.05) is 0 Å². The summed E-state index contributed by atoms with van der Waals surface area (Å²) in [4.78, 5) is 11.4. The lowest BCUT2D eigenvalue weighted by atomic mass is 10.0. The van der Waals surface area contributed by atoms with E-state index in [0.717, 1.165) is 16.0 Å². The summed E-state index contributed by atoms with van der Waals surface area (Å²) in [6.07, 6.45) is 0.711. The first-order valence-corrected chi connectivity index (χ1v) is 7.68. The Balaban J connectivity index is 2.01. The van der Waals surface area contributed by atoms with Crippen LogP contribution in [0.4, 0.5) is 5.82 Å². The van der Waals surface area contributed by atoms with Gasteiger partial charge in [0.15, 0.2) is 5.82 Å². The van der Waals surface area contributed by atoms with Crippen LogP contribution in [-0.4, -0.2) is 9.97 Å². The Hall–Kier alpha value is -1.98. The highest BCUT2D eigenvalue weighted by molar-refractivity contribution is 7.18. The van der Waals surface area contributed by atoms with Crippen molar-refractivity contribution in [3.63, 3.8) is 0 Å². The molecule has 0 spiro atoms. The van der Waals surface area contributed by atoms with Crippen LogP contribution in [0.15, 0.2) is 24.3 Å². The Kier molecular flexibility index (Phi) is 3.61. The first-order valence-electron chi connectivity index (χ1n) is 6.86. The number of nitrogen functional groups attached to an aromatic ring is 1. The van der Waals surface area contributed by atoms with Gasteiger partial charge < -0.3 is 5.43 Å². The van der Waals surface area contributed by atoms with Crippen LogP contribution in [0.3, 0.4) is 0 Å². The molecule has 108 valence electrons. The van der Waals surface area contributed by atoms with Crippen LogP contribution >= 0.6 is 11.3 Å². The summed E-state index contributed by atoms with van der Waals surface area (Å²) < 4.78 is 0. The lowest BCUT2D eigenvalue weighted by Crippen LogP contribution is -2.11. The fourth-order valence-electron chi connectivity index (χ4n) is 2.37. The average molecular weight is 298 g/mol. The van der Waals surface area contributed by atoms with Crippen molar-refractivity contribution in [2.75, 3.05) is 5.43 Å². The van der Waals surface area contributed by atoms with Crippen LogP contribution in [0.25, 0.3) is 10.2 Å². The third-order valence-corrected chi connectivity index (χ3v) is 4.58. The van der Waals surface area contributed by atoms with Gasteiger partial charge in [0, 0.05) is 11.3 Å². The molecular weight excluding hydrogens is 280 g/mol. The van der Waals surface area contributed by atoms with Gasteiger partial charge >= 0.3 is 0 Å². The van der Waals surface area contributed by atoms with Crippen LogP contribution in [0.2, 0.25) is 0 Å². The number of anilines is 1. The van der Waals surface area contributed by atoms with Crippen molar-refractivity contribution in [2.24, 2.45) is 5.84 Å². The van der Waals surface area contributed by atoms with E-state index in [9.17, 15) is 0 Å². The van der Waals surface area contributed by atoms with Gasteiger partial charge in [-0.15, -0.1) is 11.3 Å². The Labute approximate surface area is 128 Å². The Morgan fingerprint density at radius 3 is 2.62 bits per heavy atom. The molecule has 3 N–H and O–H groups in total. The fourth-order valence-corrected chi connectivity index (χ4v) is 3.27. The highest BCUT2D eigenvalue weighted by Crippen LogP contribution is 2.28. The van der Waals surface area contributed by atoms with Crippen LogP contribution in [0.1, 0.15) is 27.4 Å². The number of benzene rings is 1. The molecule has 0 amide bonds. The Bertz CT molecular complexity index is 807. The molecule has 0 aliphatic rings. The third kappa shape index (κ3) is 2.75. The molecule has 3 aromatic rings. The fraction of sp³-hybridized carbons (Fsp3) is 0.250. The summed E-state index contributed by atoms with van der Waals surface area (Å²) in [5, 5.41) is 0.990. The van der Waals surface area contributed by atoms with Crippen LogP contribution in [0.5, 0.6) is 0 Å². The molecular formula is C16H18N4S. The molecule has 0 saturated heterocycles. The molecule has 1 aromatic carbocycles. The van der Waals surface area contributed by atoms with E-state index in [-0.39, 0.29) is 0 Å². The Morgan fingerprint density at radius 1 is 1.10 bits per heavy atom. The second kappa shape index (κ2) is 5.42. The van der Waals surface area contributed by atoms with E-state index in [1.165, 1.54) is 21.6 Å². The number of aryl methyl sites for hydroxylation is 3. The first kappa shape index (κ1) is 14.0. The lowest BCUT2D eigenvalue weighted by molar-refractivity contribution is 0.990. The maximum Gasteiger partial charge on any atom is 0.152 e. The minimum atomic E-state index is 0.697. The number of hydrogen-bond acceptors (Lipinski definition) is 5. The van der Waals surface area contributed by atoms with Crippen molar-refractivity contribution in [3.8, 4) is 0 Å². The first-order chi connectivity index (χ1) is 10.1. The summed E-state index contributed by atoms with van der Waals surface area (Å²) in [7, 11) is 0. The molecule has 5 heteroatoms. The predicted octanol–water partition coefficient (Wildman–Crippen LogP) is 3.49. The minimum absolute atomic E-state index is 0.697. The zero-order chi connectivity index (χ0) is 15.0. The van der Waals surface area contributed by atoms with Gasteiger partial charge in [0.2, 0.25) is 0 Å². The van der Waals surface area contributed by atoms with Crippen LogP contribution in [-0.2, 0) is 6.42 Å². The van der Waals surface area contributed by atoms with Crippen molar-refractivity contribution in [2.45, 2.75) is 27.2 Å². The number of hydrazine groups is 1. The van der Waals surface area contributed by atoms with Gasteiger partial charge in [-0.1, -0.05) is 18.2 Å². The summed E-state index contributed by atoms with van der Waals surface area (Å²) in [5.41, 5.74) is 6.49. The van der Waals surface area contributed by atoms with Gasteiger partial charge in [-0.05, 0) is 43.5 Å². The van der Waals surface area contributed by atoms with Gasteiger partial charge in [0.05, 0.1) is 5.39 Å². The van der Waals surface area contributed by atoms with Crippen LogP contribution < -0.4 is 11.3 Å². The van der Waals surface area contributed by atoms with Crippen LogP contribution in [0, 0.1) is 20.8 Å². The topological polar surface area (TPSA) is 63.8 Å². The van der Waals surface area contributed by atoms with Crippen molar-refractivity contribution in [1.82, 2.24) is 9.97 Å². The molecule has 3 rings (SSSR count). The quantitative estimate of drug-likeness (QED) is 0.574. The molecule has 0 fully saturated rings. The van der Waals surface area contributed by atoms with Gasteiger partial charge in [-0.2, -0.15) is 0 Å². The number of aromatic nitrogens is 2. The molecule has 0 atom stereocenters. The van der Waals surface area contributed by atoms with E-state index in [1.54, 1.807) is 11.3 Å². The van der Waals surface area contributed by atoms with Crippen molar-refractivity contribution >= 4 is 27.4 Å². The van der Waals surface area contributed by atoms with Gasteiger partial charge in [0.1, 0.15) is 10.7 Å². The van der Waals surface area contributed by atoms with E-state index >= 15 is 0 Å². The zero-order valence-electron chi connectivity index (χ0n) is 12.4. The second-order valence-electron chi connectivity index (χ2n) is 5.30. The lowest BCUT2D eigenvalue weighted by Gasteiger charge is -2.07. The number of fused-ring (bicyclic) bond motifs is 1. The number of nitrogens with zero attached hydrogens (tertiary/aromatic N) is 2. The minimum Gasteiger partial charge on any atom is -0.308 e. The number of rotatable bonds is 3. The summed E-state index contributed by atoms with van der Waals surface area (Å²) >= 11 is 1.67. The summed E-state index contributed by atoms with van der Waals surface area (Å²) in [6.45, 7) is 6.31.